The van der Waals surface area contributed by atoms with Gasteiger partial charge in [-0.15, -0.1) is 0 Å². The molecule has 0 radical (unpaired) electrons. The first-order valence-electron chi connectivity index (χ1n) is 36.7. The molecule has 6 aromatic rings. The van der Waals surface area contributed by atoms with Crippen LogP contribution in [-0.4, -0.2) is 202 Å². The van der Waals surface area contributed by atoms with Crippen molar-refractivity contribution in [3.8, 4) is 23.3 Å². The number of nitrogens with zero attached hydrogens (tertiary/aromatic N) is 14. The summed E-state index contributed by atoms with van der Waals surface area (Å²) in [5, 5.41) is 27.4. The molecule has 3 aliphatic heterocycles. The quantitative estimate of drug-likeness (QED) is 0.0212. The van der Waals surface area contributed by atoms with Crippen molar-refractivity contribution in [3.05, 3.63) is 87.5 Å². The molecule has 0 N–H and O–H groups in total. The second kappa shape index (κ2) is 36.3. The molecule has 3 fully saturated rings. The van der Waals surface area contributed by atoms with Gasteiger partial charge in [-0.2, -0.15) is 29.8 Å². The van der Waals surface area contributed by atoms with Crippen LogP contribution in [0, 0.1) is 26.2 Å². The lowest BCUT2D eigenvalue weighted by atomic mass is 9.80. The Hall–Kier alpha value is -5.92. The topological polar surface area (TPSA) is 255 Å². The van der Waals surface area contributed by atoms with E-state index in [4.69, 9.17) is 58.1 Å². The highest BCUT2D eigenvalue weighted by molar-refractivity contribution is 14.1. The zero-order valence-corrected chi connectivity index (χ0v) is 72.5. The van der Waals surface area contributed by atoms with Gasteiger partial charge in [-0.05, 0) is 160 Å². The number of nitriles is 2. The molecule has 0 aromatic carbocycles. The number of ether oxygens (including phenoxy) is 6. The molecule has 6 aromatic heterocycles. The molecule has 3 aliphatic rings. The number of pyridine rings is 2. The van der Waals surface area contributed by atoms with Crippen LogP contribution in [0.3, 0.4) is 0 Å². The van der Waals surface area contributed by atoms with E-state index in [1.165, 1.54) is 0 Å². The molecule has 0 spiro atoms. The van der Waals surface area contributed by atoms with Gasteiger partial charge >= 0.3 is 19.3 Å². The zero-order chi connectivity index (χ0) is 76.8. The third-order valence-electron chi connectivity index (χ3n) is 18.1. The number of hydrogen-bond donors (Lipinski definition) is 0. The number of amides is 2. The van der Waals surface area contributed by atoms with Crippen molar-refractivity contribution in [3.63, 3.8) is 0 Å². The Labute approximate surface area is 637 Å². The SMILES string of the molecule is CC(C)(C)OC(=O)N1CCCC(c2cc(N(COCC[Si](C)(C)C)COCC[Si](C)(C)C)n3ncc(-c4ccc(C#N)nc4)c3n2)C1.CC(C)(C)OC(=O)N1CCCC(c2cc(N(COCC[Si](C)(C)C)COCC[Si](C)(C)C)n3ncc(I)c3n2)C1.CC1(C)OB(c2ccc(C#N)nc2)OC1(C)C. The lowest BCUT2D eigenvalue weighted by Crippen LogP contribution is -2.42. The number of hydrogen-bond acceptors (Lipinski definition) is 20. The number of aromatic nitrogens is 8. The Morgan fingerprint density at radius 2 is 0.962 bits per heavy atom. The molecule has 104 heavy (non-hydrogen) atoms. The maximum atomic E-state index is 13.1. The molecular weight excluding hydrogens is 1490 g/mol. The lowest BCUT2D eigenvalue weighted by molar-refractivity contribution is 0.00578. The van der Waals surface area contributed by atoms with Gasteiger partial charge in [0.15, 0.2) is 11.3 Å². The van der Waals surface area contributed by atoms with Crippen LogP contribution in [0.2, 0.25) is 103 Å². The fraction of sp³-hybridized carbons (Fsp3) is 0.649. The summed E-state index contributed by atoms with van der Waals surface area (Å²) in [5.41, 5.74) is 4.73. The molecule has 0 bridgehead atoms. The first kappa shape index (κ1) is 85.3. The van der Waals surface area contributed by atoms with E-state index in [-0.39, 0.29) is 35.2 Å². The normalized spacial score (nSPS) is 17.2. The Morgan fingerprint density at radius 1 is 0.577 bits per heavy atom. The van der Waals surface area contributed by atoms with Crippen molar-refractivity contribution in [2.45, 2.75) is 232 Å². The predicted octanol–water partition coefficient (Wildman–Crippen LogP) is 15.3. The van der Waals surface area contributed by atoms with E-state index in [0.29, 0.717) is 83.4 Å². The Kier molecular flexibility index (Phi) is 29.8. The summed E-state index contributed by atoms with van der Waals surface area (Å²) in [6.07, 6.45) is 10.0. The second-order valence-corrected chi connectivity index (χ2v) is 59.0. The van der Waals surface area contributed by atoms with Gasteiger partial charge in [-0.1, -0.05) is 84.6 Å². The highest BCUT2D eigenvalue weighted by atomic mass is 127. The maximum Gasteiger partial charge on any atom is 0.496 e. The van der Waals surface area contributed by atoms with E-state index in [2.05, 4.69) is 144 Å². The minimum absolute atomic E-state index is 0.00401. The summed E-state index contributed by atoms with van der Waals surface area (Å²) in [7, 11) is -5.37. The third-order valence-corrected chi connectivity index (χ3v) is 25.7. The van der Waals surface area contributed by atoms with Gasteiger partial charge in [0.25, 0.3) is 0 Å². The van der Waals surface area contributed by atoms with Gasteiger partial charge in [-0.25, -0.2) is 29.5 Å². The van der Waals surface area contributed by atoms with Crippen molar-refractivity contribution in [1.82, 2.24) is 49.0 Å². The van der Waals surface area contributed by atoms with Crippen LogP contribution in [0.15, 0.2) is 61.2 Å². The van der Waals surface area contributed by atoms with E-state index >= 15 is 0 Å². The van der Waals surface area contributed by atoms with Crippen molar-refractivity contribution >= 4 is 103 Å². The fourth-order valence-corrected chi connectivity index (χ4v) is 14.7. The Bertz CT molecular complexity index is 3810. The number of piperidine rings is 2. The van der Waals surface area contributed by atoms with Gasteiger partial charge in [0, 0.05) is 138 Å². The van der Waals surface area contributed by atoms with Crippen LogP contribution >= 0.6 is 22.6 Å². The molecule has 0 saturated carbocycles. The standard InChI is InChI=1S/C34H53N7O4Si2.C28H50IN5O4Si2.C12H15BN2O2/c1-34(2,3)45-33(42)39-14-10-11-27(23-39)30-19-31(40(24-43-15-17-46(4,5)6)25-44-16-18-47(7,8)9)41-32(38-30)29(22-37-41)26-12-13-28(20-35)36-21-26;1-28(2,3)38-27(35)32-12-10-11-22(19-32)24-17-25(34-26(31-24)23(29)18-30-34)33(20-36-13-15-39(4,5)6)21-37-14-16-40(7,8)9;1-11(2)12(3,4)17-13(16-11)9-5-6-10(7-14)15-8-9/h12-13,19,21-22,27H,10-11,14-18,23-25H2,1-9H3;17-18,22H,10-16,19-21H2,1-9H3;5-6,8H,1-4H3. The average molecular weight is 1610 g/mol. The summed E-state index contributed by atoms with van der Waals surface area (Å²) >= 11 is 2.29. The molecule has 2 unspecified atom stereocenters. The maximum absolute atomic E-state index is 13.1. The predicted molar refractivity (Wildman–Crippen MR) is 432 cm³/mol. The van der Waals surface area contributed by atoms with Crippen LogP contribution in [-0.2, 0) is 37.7 Å². The smallest absolute Gasteiger partial charge is 0.444 e. The van der Waals surface area contributed by atoms with Gasteiger partial charge in [-0.3, -0.25) is 0 Å². The minimum atomic E-state index is -1.27. The summed E-state index contributed by atoms with van der Waals surface area (Å²) in [4.78, 5) is 52.3. The molecule has 24 nitrogen and oxygen atoms in total. The molecule has 2 atom stereocenters. The Balaban J connectivity index is 0.000000239. The molecule has 0 aliphatic carbocycles. The average Bonchev–Trinajstić information content (AvgIpc) is 1.57. The van der Waals surface area contributed by atoms with Gasteiger partial charge in [0.1, 0.15) is 73.3 Å². The van der Waals surface area contributed by atoms with Crippen LogP contribution in [0.25, 0.3) is 22.4 Å². The van der Waals surface area contributed by atoms with Crippen LogP contribution in [0.4, 0.5) is 21.2 Å². The van der Waals surface area contributed by atoms with Crippen molar-refractivity contribution < 1.29 is 47.3 Å². The number of rotatable bonds is 26. The molecule has 9 heterocycles. The van der Waals surface area contributed by atoms with E-state index in [1.807, 2.05) is 108 Å². The van der Waals surface area contributed by atoms with Gasteiger partial charge in [0.05, 0.1) is 38.6 Å². The summed E-state index contributed by atoms with van der Waals surface area (Å²) in [6.45, 7) is 54.5. The van der Waals surface area contributed by atoms with Crippen molar-refractivity contribution in [2.24, 2.45) is 0 Å². The van der Waals surface area contributed by atoms with Crippen LogP contribution in [0.5, 0.6) is 0 Å². The summed E-state index contributed by atoms with van der Waals surface area (Å²) < 4.78 is 52.9. The zero-order valence-electron chi connectivity index (χ0n) is 66.4. The number of halogens is 1. The van der Waals surface area contributed by atoms with Gasteiger partial charge < -0.3 is 57.3 Å². The molecule has 30 heteroatoms. The molecule has 2 amide bonds. The number of likely N-dealkylation sites (tertiary alicyclic amines) is 2. The van der Waals surface area contributed by atoms with E-state index in [1.54, 1.807) is 35.6 Å². The molecule has 9 rings (SSSR count). The third kappa shape index (κ3) is 26.5. The Morgan fingerprint density at radius 3 is 1.33 bits per heavy atom. The van der Waals surface area contributed by atoms with Crippen molar-refractivity contribution in [1.29, 1.82) is 10.5 Å². The highest BCUT2D eigenvalue weighted by Gasteiger charge is 2.52. The fourth-order valence-electron chi connectivity index (χ4n) is 11.2. The second-order valence-electron chi connectivity index (χ2n) is 35.3. The van der Waals surface area contributed by atoms with Crippen LogP contribution < -0.4 is 15.3 Å². The summed E-state index contributed by atoms with van der Waals surface area (Å²) in [5.74, 6) is 1.83. The lowest BCUT2D eigenvalue weighted by Gasteiger charge is -2.34. The largest absolute Gasteiger partial charge is 0.496 e. The van der Waals surface area contributed by atoms with Crippen LogP contribution in [0.1, 0.15) is 130 Å². The number of carbonyl (C=O) groups is 2. The van der Waals surface area contributed by atoms with E-state index in [0.717, 1.165) is 112 Å². The number of carbonyl (C=O) groups excluding carboxylic acids is 2. The van der Waals surface area contributed by atoms with E-state index < -0.39 is 50.6 Å². The highest BCUT2D eigenvalue weighted by Crippen LogP contribution is 2.38. The van der Waals surface area contributed by atoms with E-state index in [9.17, 15) is 14.9 Å². The first-order valence-corrected chi connectivity index (χ1v) is 52.6. The van der Waals surface area contributed by atoms with Gasteiger partial charge in [0.2, 0.25) is 0 Å². The first-order chi connectivity index (χ1) is 48.4. The number of anilines is 2. The summed E-state index contributed by atoms with van der Waals surface area (Å²) in [6, 6.07) is 19.7. The molecule has 3 saturated heterocycles. The number of fused-ring (bicyclic) bond motifs is 2. The van der Waals surface area contributed by atoms with Crippen molar-refractivity contribution in [2.75, 3.05) is 89.3 Å². The minimum Gasteiger partial charge on any atom is -0.444 e. The molecule has 570 valence electrons. The monoisotopic (exact) mass is 1610 g/mol. The molecular formula is C74H118BIN14O10Si4.